The van der Waals surface area contributed by atoms with E-state index in [-0.39, 0.29) is 6.42 Å². The Bertz CT molecular complexity index is 520. The van der Waals surface area contributed by atoms with Crippen LogP contribution in [-0.4, -0.2) is 43.8 Å². The molecule has 0 aliphatic rings. The van der Waals surface area contributed by atoms with Crippen molar-refractivity contribution < 1.29 is 27.5 Å². The lowest BCUT2D eigenvalue weighted by atomic mass is 10.0. The van der Waals surface area contributed by atoms with Crippen molar-refractivity contribution in [3.05, 3.63) is 35.9 Å². The number of hydrogen-bond acceptors (Lipinski definition) is 4. The number of ether oxygens (including phenoxy) is 1. The van der Waals surface area contributed by atoms with Gasteiger partial charge < -0.3 is 10.1 Å². The summed E-state index contributed by atoms with van der Waals surface area (Å²) in [5.74, 6) is -1.37. The zero-order chi connectivity index (χ0) is 17.5. The monoisotopic (exact) mass is 332 g/mol. The molecular weight excluding hydrogens is 313 g/mol. The van der Waals surface area contributed by atoms with Crippen LogP contribution in [0.25, 0.3) is 0 Å². The van der Waals surface area contributed by atoms with E-state index in [1.165, 1.54) is 6.92 Å². The highest BCUT2D eigenvalue weighted by atomic mass is 19.4. The molecule has 0 aliphatic carbocycles. The Morgan fingerprint density at radius 3 is 2.35 bits per heavy atom. The maximum absolute atomic E-state index is 12.4. The van der Waals surface area contributed by atoms with Gasteiger partial charge in [0.15, 0.2) is 0 Å². The first-order valence-corrected chi connectivity index (χ1v) is 6.95. The van der Waals surface area contributed by atoms with Crippen LogP contribution < -0.4 is 10.6 Å². The molecule has 1 aromatic carbocycles. The van der Waals surface area contributed by atoms with E-state index in [4.69, 9.17) is 0 Å². The number of amides is 1. The Morgan fingerprint density at radius 2 is 1.83 bits per heavy atom. The standard InChI is InChI=1S/C15H19F3N2O3/c1-10(14(22)23-2)20-13(21)12(19-9-15(16,17)18)8-11-6-4-3-5-7-11/h3-7,10,12,19H,8-9H2,1-2H3,(H,20,21)/t10-,12-/m0/s1. The number of hydrogen-bond donors (Lipinski definition) is 2. The van der Waals surface area contributed by atoms with Gasteiger partial charge in [-0.15, -0.1) is 0 Å². The van der Waals surface area contributed by atoms with Crippen molar-refractivity contribution in [3.63, 3.8) is 0 Å². The Hall–Kier alpha value is -2.09. The van der Waals surface area contributed by atoms with E-state index in [0.717, 1.165) is 7.11 Å². The van der Waals surface area contributed by atoms with Gasteiger partial charge in [-0.1, -0.05) is 30.3 Å². The first kappa shape index (κ1) is 19.0. The molecule has 1 amide bonds. The molecule has 2 atom stereocenters. The number of alkyl halides is 3. The van der Waals surface area contributed by atoms with Crippen LogP contribution in [0.4, 0.5) is 13.2 Å². The van der Waals surface area contributed by atoms with Crippen LogP contribution in [0.5, 0.6) is 0 Å². The highest BCUT2D eigenvalue weighted by molar-refractivity contribution is 5.87. The van der Waals surface area contributed by atoms with Crippen LogP contribution in [0, 0.1) is 0 Å². The summed E-state index contributed by atoms with van der Waals surface area (Å²) in [7, 11) is 1.16. The minimum absolute atomic E-state index is 0.0661. The quantitative estimate of drug-likeness (QED) is 0.741. The van der Waals surface area contributed by atoms with Gasteiger partial charge in [0.25, 0.3) is 0 Å². The molecule has 0 radical (unpaired) electrons. The minimum atomic E-state index is -4.44. The number of carbonyl (C=O) groups excluding carboxylic acids is 2. The fourth-order valence-electron chi connectivity index (χ4n) is 1.90. The van der Waals surface area contributed by atoms with Crippen molar-refractivity contribution >= 4 is 11.9 Å². The minimum Gasteiger partial charge on any atom is -0.467 e. The molecule has 128 valence electrons. The summed E-state index contributed by atoms with van der Waals surface area (Å²) in [4.78, 5) is 23.5. The molecule has 0 heterocycles. The lowest BCUT2D eigenvalue weighted by molar-refractivity contribution is -0.145. The second-order valence-electron chi connectivity index (χ2n) is 4.99. The van der Waals surface area contributed by atoms with Crippen molar-refractivity contribution in [2.75, 3.05) is 13.7 Å². The molecule has 0 fully saturated rings. The Morgan fingerprint density at radius 1 is 1.22 bits per heavy atom. The molecule has 0 aromatic heterocycles. The van der Waals surface area contributed by atoms with E-state index in [1.54, 1.807) is 30.3 Å². The molecule has 0 unspecified atom stereocenters. The molecular formula is C15H19F3N2O3. The highest BCUT2D eigenvalue weighted by Crippen LogP contribution is 2.13. The van der Waals surface area contributed by atoms with Crippen molar-refractivity contribution in [2.24, 2.45) is 0 Å². The van der Waals surface area contributed by atoms with Gasteiger partial charge in [-0.3, -0.25) is 10.1 Å². The van der Waals surface area contributed by atoms with Gasteiger partial charge >= 0.3 is 12.1 Å². The van der Waals surface area contributed by atoms with Gasteiger partial charge in [-0.05, 0) is 18.9 Å². The summed E-state index contributed by atoms with van der Waals surface area (Å²) in [6, 6.07) is 6.57. The lowest BCUT2D eigenvalue weighted by Gasteiger charge is -2.21. The Balaban J connectivity index is 2.77. The molecule has 0 saturated carbocycles. The molecule has 8 heteroatoms. The average molecular weight is 332 g/mol. The van der Waals surface area contributed by atoms with E-state index in [2.05, 4.69) is 15.4 Å². The molecule has 23 heavy (non-hydrogen) atoms. The van der Waals surface area contributed by atoms with Crippen LogP contribution >= 0.6 is 0 Å². The van der Waals surface area contributed by atoms with Crippen LogP contribution in [0.15, 0.2) is 30.3 Å². The van der Waals surface area contributed by atoms with E-state index in [1.807, 2.05) is 0 Å². The van der Waals surface area contributed by atoms with Crippen molar-refractivity contribution in [1.82, 2.24) is 10.6 Å². The first-order chi connectivity index (χ1) is 10.7. The predicted octanol–water partition coefficient (Wildman–Crippen LogP) is 1.43. The molecule has 0 saturated heterocycles. The number of methoxy groups -OCH3 is 1. The molecule has 0 bridgehead atoms. The van der Waals surface area contributed by atoms with Gasteiger partial charge in [-0.25, -0.2) is 4.79 Å². The third-order valence-corrected chi connectivity index (χ3v) is 3.06. The summed E-state index contributed by atoms with van der Waals surface area (Å²) in [6.45, 7) is 0.0948. The van der Waals surface area contributed by atoms with Crippen molar-refractivity contribution in [3.8, 4) is 0 Å². The number of halogens is 3. The van der Waals surface area contributed by atoms with E-state index in [0.29, 0.717) is 5.56 Å². The lowest BCUT2D eigenvalue weighted by Crippen LogP contribution is -2.52. The largest absolute Gasteiger partial charge is 0.467 e. The van der Waals surface area contributed by atoms with Crippen molar-refractivity contribution in [2.45, 2.75) is 31.6 Å². The molecule has 0 aliphatic heterocycles. The van der Waals surface area contributed by atoms with E-state index in [9.17, 15) is 22.8 Å². The first-order valence-electron chi connectivity index (χ1n) is 6.95. The second-order valence-corrected chi connectivity index (χ2v) is 4.99. The highest BCUT2D eigenvalue weighted by Gasteiger charge is 2.31. The summed E-state index contributed by atoms with van der Waals surface area (Å²) < 4.78 is 41.7. The maximum Gasteiger partial charge on any atom is 0.401 e. The molecule has 0 spiro atoms. The second kappa shape index (κ2) is 8.52. The summed E-state index contributed by atoms with van der Waals surface area (Å²) in [5.41, 5.74) is 0.702. The van der Waals surface area contributed by atoms with Gasteiger partial charge in [0.2, 0.25) is 5.91 Å². The maximum atomic E-state index is 12.4. The Kier molecular flexibility index (Phi) is 7.02. The van der Waals surface area contributed by atoms with Crippen LogP contribution in [0.3, 0.4) is 0 Å². The summed E-state index contributed by atoms with van der Waals surface area (Å²) in [6.07, 6.45) is -4.38. The van der Waals surface area contributed by atoms with E-state index < -0.39 is 36.7 Å². The summed E-state index contributed by atoms with van der Waals surface area (Å²) in [5, 5.41) is 4.52. The Labute approximate surface area is 132 Å². The van der Waals surface area contributed by atoms with E-state index >= 15 is 0 Å². The van der Waals surface area contributed by atoms with Crippen LogP contribution in [-0.2, 0) is 20.7 Å². The molecule has 5 nitrogen and oxygen atoms in total. The predicted molar refractivity (Wildman–Crippen MR) is 77.6 cm³/mol. The zero-order valence-corrected chi connectivity index (χ0v) is 12.8. The summed E-state index contributed by atoms with van der Waals surface area (Å²) >= 11 is 0. The topological polar surface area (TPSA) is 67.4 Å². The van der Waals surface area contributed by atoms with Gasteiger partial charge in [-0.2, -0.15) is 13.2 Å². The number of rotatable bonds is 7. The third kappa shape index (κ3) is 7.14. The van der Waals surface area contributed by atoms with Gasteiger partial charge in [0.1, 0.15) is 6.04 Å². The fourth-order valence-corrected chi connectivity index (χ4v) is 1.90. The number of nitrogens with one attached hydrogen (secondary N) is 2. The van der Waals surface area contributed by atoms with Gasteiger partial charge in [0.05, 0.1) is 19.7 Å². The molecule has 1 aromatic rings. The number of carbonyl (C=O) groups is 2. The number of benzene rings is 1. The third-order valence-electron chi connectivity index (χ3n) is 3.06. The number of esters is 1. The normalized spacial score (nSPS) is 14.0. The smallest absolute Gasteiger partial charge is 0.401 e. The van der Waals surface area contributed by atoms with Crippen LogP contribution in [0.1, 0.15) is 12.5 Å². The zero-order valence-electron chi connectivity index (χ0n) is 12.8. The fraction of sp³-hybridized carbons (Fsp3) is 0.467. The molecule has 2 N–H and O–H groups in total. The molecule has 1 rings (SSSR count). The van der Waals surface area contributed by atoms with Gasteiger partial charge in [0, 0.05) is 0 Å². The SMILES string of the molecule is COC(=O)[C@H](C)NC(=O)[C@H](Cc1ccccc1)NCC(F)(F)F. The van der Waals surface area contributed by atoms with Crippen LogP contribution in [0.2, 0.25) is 0 Å². The average Bonchev–Trinajstić information content (AvgIpc) is 2.50. The van der Waals surface area contributed by atoms with Crippen molar-refractivity contribution in [1.29, 1.82) is 0 Å².